The minimum Gasteiger partial charge on any atom is -0.481 e. The van der Waals surface area contributed by atoms with E-state index in [0.717, 1.165) is 6.07 Å². The number of hydrazine groups is 1. The van der Waals surface area contributed by atoms with E-state index in [4.69, 9.17) is 10.6 Å². The first-order chi connectivity index (χ1) is 6.90. The molecule has 0 bridgehead atoms. The molecule has 0 aliphatic heterocycles. The van der Waals surface area contributed by atoms with Gasteiger partial charge in [0.05, 0.1) is 12.7 Å². The van der Waals surface area contributed by atoms with E-state index >= 15 is 0 Å². The van der Waals surface area contributed by atoms with Gasteiger partial charge in [-0.1, -0.05) is 0 Å². The monoisotopic (exact) mass is 221 g/mol. The number of alkyl halides is 3. The van der Waals surface area contributed by atoms with E-state index in [0.29, 0.717) is 5.56 Å². The van der Waals surface area contributed by atoms with E-state index in [1.54, 1.807) is 0 Å². The fourth-order valence-corrected chi connectivity index (χ4v) is 1.13. The smallest absolute Gasteiger partial charge is 0.420 e. The second-order valence-electron chi connectivity index (χ2n) is 2.85. The van der Waals surface area contributed by atoms with Crippen LogP contribution in [0.4, 0.5) is 19.0 Å². The van der Waals surface area contributed by atoms with Gasteiger partial charge in [-0.2, -0.15) is 18.2 Å². The Morgan fingerprint density at radius 1 is 1.47 bits per heavy atom. The number of nitrogens with one attached hydrogen (secondary N) is 1. The lowest BCUT2D eigenvalue weighted by Gasteiger charge is -2.14. The average Bonchev–Trinajstić information content (AvgIpc) is 2.16. The molecule has 0 amide bonds. The van der Waals surface area contributed by atoms with Crippen molar-refractivity contribution in [2.75, 3.05) is 12.5 Å². The number of ether oxygens (including phenoxy) is 1. The Bertz CT molecular complexity index is 365. The summed E-state index contributed by atoms with van der Waals surface area (Å²) in [6, 6.07) is 0.932. The third-order valence-electron chi connectivity index (χ3n) is 1.80. The highest BCUT2D eigenvalue weighted by Gasteiger charge is 2.35. The Morgan fingerprint density at radius 3 is 2.47 bits per heavy atom. The molecule has 0 unspecified atom stereocenters. The number of halogens is 3. The van der Waals surface area contributed by atoms with E-state index in [2.05, 4.69) is 4.98 Å². The van der Waals surface area contributed by atoms with Crippen LogP contribution in [0.1, 0.15) is 11.1 Å². The number of nitrogens with two attached hydrogens (primary N) is 1. The first kappa shape index (κ1) is 11.6. The van der Waals surface area contributed by atoms with Crippen LogP contribution in [0.5, 0.6) is 5.88 Å². The summed E-state index contributed by atoms with van der Waals surface area (Å²) in [4.78, 5) is 3.60. The number of methoxy groups -OCH3 is 1. The van der Waals surface area contributed by atoms with Gasteiger partial charge in [0.1, 0.15) is 0 Å². The Hall–Kier alpha value is -1.50. The van der Waals surface area contributed by atoms with E-state index in [9.17, 15) is 13.2 Å². The normalized spacial score (nSPS) is 11.3. The topological polar surface area (TPSA) is 60.2 Å². The molecule has 0 spiro atoms. The maximum Gasteiger partial charge on any atom is 0.420 e. The van der Waals surface area contributed by atoms with Crippen LogP contribution in [0.3, 0.4) is 0 Å². The molecule has 0 atom stereocenters. The summed E-state index contributed by atoms with van der Waals surface area (Å²) in [7, 11) is 1.32. The number of anilines is 1. The van der Waals surface area contributed by atoms with Crippen molar-refractivity contribution in [1.82, 2.24) is 4.98 Å². The number of hydrogen-bond acceptors (Lipinski definition) is 4. The van der Waals surface area contributed by atoms with E-state index in [1.165, 1.54) is 14.0 Å². The Balaban J connectivity index is 3.34. The van der Waals surface area contributed by atoms with Crippen LogP contribution >= 0.6 is 0 Å². The minimum absolute atomic E-state index is 0.107. The molecular weight excluding hydrogens is 211 g/mol. The van der Waals surface area contributed by atoms with Crippen molar-refractivity contribution < 1.29 is 17.9 Å². The first-order valence-corrected chi connectivity index (χ1v) is 3.99. The van der Waals surface area contributed by atoms with Gasteiger partial charge in [-0.15, -0.1) is 0 Å². The fourth-order valence-electron chi connectivity index (χ4n) is 1.13. The van der Waals surface area contributed by atoms with Crippen LogP contribution in [-0.4, -0.2) is 12.1 Å². The van der Waals surface area contributed by atoms with Crippen LogP contribution < -0.4 is 16.0 Å². The van der Waals surface area contributed by atoms with Crippen LogP contribution in [0, 0.1) is 6.92 Å². The largest absolute Gasteiger partial charge is 0.481 e. The minimum atomic E-state index is -4.49. The highest BCUT2D eigenvalue weighted by atomic mass is 19.4. The molecule has 0 saturated carbocycles. The quantitative estimate of drug-likeness (QED) is 0.589. The van der Waals surface area contributed by atoms with E-state index < -0.39 is 17.6 Å². The molecule has 4 nitrogen and oxygen atoms in total. The van der Waals surface area contributed by atoms with Crippen LogP contribution in [0.15, 0.2) is 6.07 Å². The zero-order chi connectivity index (χ0) is 11.6. The molecule has 0 saturated heterocycles. The van der Waals surface area contributed by atoms with E-state index in [-0.39, 0.29) is 5.88 Å². The van der Waals surface area contributed by atoms with Crippen LogP contribution in [0.25, 0.3) is 0 Å². The van der Waals surface area contributed by atoms with Gasteiger partial charge in [-0.25, -0.2) is 5.84 Å². The second-order valence-corrected chi connectivity index (χ2v) is 2.85. The highest BCUT2D eigenvalue weighted by molar-refractivity contribution is 5.49. The number of rotatable bonds is 2. The zero-order valence-electron chi connectivity index (χ0n) is 8.14. The van der Waals surface area contributed by atoms with Crippen molar-refractivity contribution >= 4 is 5.82 Å². The van der Waals surface area contributed by atoms with Gasteiger partial charge in [0.15, 0.2) is 5.82 Å². The number of pyridine rings is 1. The zero-order valence-corrected chi connectivity index (χ0v) is 8.14. The summed E-state index contributed by atoms with van der Waals surface area (Å²) < 4.78 is 42.2. The lowest BCUT2D eigenvalue weighted by atomic mass is 10.2. The lowest BCUT2D eigenvalue weighted by Crippen LogP contribution is -2.17. The van der Waals surface area contributed by atoms with Gasteiger partial charge in [0.2, 0.25) is 5.88 Å². The van der Waals surface area contributed by atoms with Gasteiger partial charge in [-0.3, -0.25) is 0 Å². The summed E-state index contributed by atoms with van der Waals surface area (Å²) in [5.41, 5.74) is 1.27. The van der Waals surface area contributed by atoms with E-state index in [1.807, 2.05) is 5.43 Å². The molecule has 0 fully saturated rings. The lowest BCUT2D eigenvalue weighted by molar-refractivity contribution is -0.137. The molecule has 1 rings (SSSR count). The molecule has 1 aromatic rings. The second kappa shape index (κ2) is 3.93. The van der Waals surface area contributed by atoms with Crippen LogP contribution in [0.2, 0.25) is 0 Å². The summed E-state index contributed by atoms with van der Waals surface area (Å²) in [6.07, 6.45) is -4.49. The predicted octanol–water partition coefficient (Wildman–Crippen LogP) is 1.70. The first-order valence-electron chi connectivity index (χ1n) is 3.99. The predicted molar refractivity (Wildman–Crippen MR) is 48.3 cm³/mol. The molecule has 0 aliphatic carbocycles. The van der Waals surface area contributed by atoms with Gasteiger partial charge < -0.3 is 10.2 Å². The molecule has 1 heterocycles. The molecular formula is C8H10F3N3O. The Labute approximate surface area is 84.2 Å². The van der Waals surface area contributed by atoms with Gasteiger partial charge in [0, 0.05) is 5.56 Å². The maximum atomic E-state index is 12.5. The Kier molecular flexibility index (Phi) is 3.04. The number of hydrogen-bond donors (Lipinski definition) is 2. The molecule has 84 valence electrons. The third-order valence-corrected chi connectivity index (χ3v) is 1.80. The third kappa shape index (κ3) is 2.30. The van der Waals surface area contributed by atoms with Crippen molar-refractivity contribution in [3.63, 3.8) is 0 Å². The summed E-state index contributed by atoms with van der Waals surface area (Å²) in [6.45, 7) is 1.47. The number of aromatic nitrogens is 1. The van der Waals surface area contributed by atoms with Gasteiger partial charge in [0.25, 0.3) is 0 Å². The number of nitrogens with zero attached hydrogens (tertiary/aromatic N) is 1. The molecule has 1 aromatic heterocycles. The number of aryl methyl sites for hydroxylation is 1. The van der Waals surface area contributed by atoms with Crippen molar-refractivity contribution in [3.05, 3.63) is 17.2 Å². The van der Waals surface area contributed by atoms with Crippen molar-refractivity contribution in [2.45, 2.75) is 13.1 Å². The molecule has 0 radical (unpaired) electrons. The van der Waals surface area contributed by atoms with Gasteiger partial charge >= 0.3 is 6.18 Å². The summed E-state index contributed by atoms with van der Waals surface area (Å²) in [5.74, 6) is 4.61. The van der Waals surface area contributed by atoms with Crippen molar-refractivity contribution in [2.24, 2.45) is 5.84 Å². The van der Waals surface area contributed by atoms with Gasteiger partial charge in [-0.05, 0) is 13.0 Å². The molecule has 15 heavy (non-hydrogen) atoms. The SMILES string of the molecule is COc1nc(NN)c(C(F)(F)F)cc1C. The highest BCUT2D eigenvalue weighted by Crippen LogP contribution is 2.35. The molecule has 3 N–H and O–H groups in total. The number of nitrogen functional groups attached to an aromatic ring is 1. The van der Waals surface area contributed by atoms with Crippen molar-refractivity contribution in [3.8, 4) is 5.88 Å². The molecule has 0 aromatic carbocycles. The van der Waals surface area contributed by atoms with Crippen molar-refractivity contribution in [1.29, 1.82) is 0 Å². The fraction of sp³-hybridized carbons (Fsp3) is 0.375. The summed E-state index contributed by atoms with van der Waals surface area (Å²) >= 11 is 0. The Morgan fingerprint density at radius 2 is 2.07 bits per heavy atom. The average molecular weight is 221 g/mol. The molecule has 0 aliphatic rings. The standard InChI is InChI=1S/C8H10F3N3O/c1-4-3-5(8(9,10)11)6(14-12)13-7(4)15-2/h3H,12H2,1-2H3,(H,13,14). The maximum absolute atomic E-state index is 12.5. The summed E-state index contributed by atoms with van der Waals surface area (Å²) in [5, 5.41) is 0. The molecule has 7 heteroatoms. The van der Waals surface area contributed by atoms with Crippen LogP contribution in [-0.2, 0) is 6.18 Å².